The third-order valence-corrected chi connectivity index (χ3v) is 4.55. The zero-order chi connectivity index (χ0) is 18.7. The van der Waals surface area contributed by atoms with Gasteiger partial charge >= 0.3 is 0 Å². The lowest BCUT2D eigenvalue weighted by Gasteiger charge is -2.15. The normalized spacial score (nSPS) is 11.9. The summed E-state index contributed by atoms with van der Waals surface area (Å²) < 4.78 is 3.67. The molecule has 0 aliphatic carbocycles. The average molecular weight is 368 g/mol. The van der Waals surface area contributed by atoms with Gasteiger partial charge in [0.25, 0.3) is 0 Å². The Bertz CT molecular complexity index is 982. The van der Waals surface area contributed by atoms with Crippen molar-refractivity contribution in [3.8, 4) is 17.3 Å². The first-order valence-electron chi connectivity index (χ1n) is 8.31. The van der Waals surface area contributed by atoms with E-state index in [2.05, 4.69) is 17.1 Å². The number of carbonyl (C=O) groups is 1. The first-order chi connectivity index (χ1) is 12.5. The molecule has 0 fully saturated rings. The van der Waals surface area contributed by atoms with Crippen molar-refractivity contribution < 1.29 is 4.79 Å². The minimum Gasteiger partial charge on any atom is -0.293 e. The molecule has 132 valence electrons. The molecule has 0 unspecified atom stereocenters. The van der Waals surface area contributed by atoms with Crippen LogP contribution in [0.25, 0.3) is 11.3 Å². The standard InChI is InChI=1S/C19H18ClN5O/c1-3-16(25-9-7-18(23-25)13(2)26)12-24-8-6-19(22-24)14-4-5-15(11-21)17(20)10-14/h4-10,16H,3,12H2,1-2H3/t16-/m0/s1. The van der Waals surface area contributed by atoms with Gasteiger partial charge in [-0.1, -0.05) is 24.6 Å². The molecule has 6 nitrogen and oxygen atoms in total. The second-order valence-electron chi connectivity index (χ2n) is 6.03. The maximum Gasteiger partial charge on any atom is 0.179 e. The molecule has 2 heterocycles. The molecule has 0 saturated carbocycles. The van der Waals surface area contributed by atoms with Gasteiger partial charge < -0.3 is 0 Å². The quantitative estimate of drug-likeness (QED) is 0.614. The van der Waals surface area contributed by atoms with Gasteiger partial charge in [-0.05, 0) is 30.7 Å². The van der Waals surface area contributed by atoms with E-state index in [1.807, 2.05) is 40.0 Å². The van der Waals surface area contributed by atoms with Crippen LogP contribution in [0.2, 0.25) is 5.02 Å². The molecular formula is C19H18ClN5O. The molecule has 0 aliphatic heterocycles. The molecule has 26 heavy (non-hydrogen) atoms. The van der Waals surface area contributed by atoms with Gasteiger partial charge in [0.2, 0.25) is 0 Å². The van der Waals surface area contributed by atoms with E-state index in [0.717, 1.165) is 17.7 Å². The molecule has 0 spiro atoms. The third kappa shape index (κ3) is 3.68. The number of carbonyl (C=O) groups excluding carboxylic acids is 1. The maximum absolute atomic E-state index is 11.4. The Kier molecular flexibility index (Phi) is 5.19. The van der Waals surface area contributed by atoms with E-state index in [9.17, 15) is 4.79 Å². The number of nitrogens with zero attached hydrogens (tertiary/aromatic N) is 5. The van der Waals surface area contributed by atoms with Crippen LogP contribution in [0.4, 0.5) is 0 Å². The van der Waals surface area contributed by atoms with E-state index < -0.39 is 0 Å². The van der Waals surface area contributed by atoms with E-state index in [-0.39, 0.29) is 11.8 Å². The van der Waals surface area contributed by atoms with E-state index in [4.69, 9.17) is 16.9 Å². The Balaban J connectivity index is 1.79. The second-order valence-corrected chi connectivity index (χ2v) is 6.44. The fourth-order valence-corrected chi connectivity index (χ4v) is 2.95. The van der Waals surface area contributed by atoms with Crippen LogP contribution in [0.15, 0.2) is 42.7 Å². The van der Waals surface area contributed by atoms with Gasteiger partial charge in [0.05, 0.1) is 28.9 Å². The van der Waals surface area contributed by atoms with E-state index >= 15 is 0 Å². The molecule has 1 aromatic carbocycles. The monoisotopic (exact) mass is 367 g/mol. The van der Waals surface area contributed by atoms with Gasteiger partial charge in [-0.25, -0.2) is 0 Å². The Labute approximate surface area is 156 Å². The molecule has 7 heteroatoms. The van der Waals surface area contributed by atoms with Crippen LogP contribution < -0.4 is 0 Å². The summed E-state index contributed by atoms with van der Waals surface area (Å²) in [5.41, 5.74) is 2.56. The van der Waals surface area contributed by atoms with E-state index in [1.165, 1.54) is 6.92 Å². The minimum absolute atomic E-state index is 0.0438. The first kappa shape index (κ1) is 17.9. The summed E-state index contributed by atoms with van der Waals surface area (Å²) >= 11 is 6.10. The number of benzene rings is 1. The summed E-state index contributed by atoms with van der Waals surface area (Å²) in [7, 11) is 0. The largest absolute Gasteiger partial charge is 0.293 e. The highest BCUT2D eigenvalue weighted by Crippen LogP contribution is 2.24. The first-order valence-corrected chi connectivity index (χ1v) is 8.69. The zero-order valence-electron chi connectivity index (χ0n) is 14.6. The molecule has 0 bridgehead atoms. The topological polar surface area (TPSA) is 76.5 Å². The summed E-state index contributed by atoms with van der Waals surface area (Å²) in [5.74, 6) is -0.0438. The summed E-state index contributed by atoms with van der Waals surface area (Å²) in [5, 5.41) is 18.3. The van der Waals surface area contributed by atoms with Gasteiger partial charge in [-0.3, -0.25) is 14.2 Å². The molecule has 0 N–H and O–H groups in total. The summed E-state index contributed by atoms with van der Waals surface area (Å²) in [6.07, 6.45) is 4.59. The highest BCUT2D eigenvalue weighted by Gasteiger charge is 2.14. The van der Waals surface area contributed by atoms with Crippen LogP contribution in [0.5, 0.6) is 0 Å². The Morgan fingerprint density at radius 1 is 1.27 bits per heavy atom. The fourth-order valence-electron chi connectivity index (χ4n) is 2.73. The number of hydrogen-bond acceptors (Lipinski definition) is 4. The molecule has 3 aromatic rings. The van der Waals surface area contributed by atoms with Crippen LogP contribution in [0.3, 0.4) is 0 Å². The van der Waals surface area contributed by atoms with Crippen molar-refractivity contribution in [2.75, 3.05) is 0 Å². The van der Waals surface area contributed by atoms with Crippen LogP contribution in [-0.4, -0.2) is 25.3 Å². The number of nitriles is 1. The van der Waals surface area contributed by atoms with Crippen molar-refractivity contribution in [1.82, 2.24) is 19.6 Å². The molecule has 1 atom stereocenters. The Morgan fingerprint density at radius 3 is 2.69 bits per heavy atom. The lowest BCUT2D eigenvalue weighted by molar-refractivity contribution is 0.101. The second kappa shape index (κ2) is 7.54. The Morgan fingerprint density at radius 2 is 2.08 bits per heavy atom. The third-order valence-electron chi connectivity index (χ3n) is 4.24. The van der Waals surface area contributed by atoms with Gasteiger partial charge in [0, 0.05) is 24.9 Å². The van der Waals surface area contributed by atoms with Crippen LogP contribution in [0, 0.1) is 11.3 Å². The zero-order valence-corrected chi connectivity index (χ0v) is 15.3. The number of ketones is 1. The minimum atomic E-state index is -0.0438. The SMILES string of the molecule is CC[C@@H](Cn1ccc(-c2ccc(C#N)c(Cl)c2)n1)n1ccc(C(C)=O)n1. The molecule has 3 rings (SSSR count). The molecule has 0 aliphatic rings. The van der Waals surface area contributed by atoms with Crippen molar-refractivity contribution in [3.63, 3.8) is 0 Å². The molecular weight excluding hydrogens is 350 g/mol. The van der Waals surface area contributed by atoms with Crippen molar-refractivity contribution in [2.24, 2.45) is 0 Å². The van der Waals surface area contributed by atoms with Gasteiger partial charge in [0.1, 0.15) is 11.8 Å². The predicted octanol–water partition coefficient (Wildman–Crippen LogP) is 4.13. The molecule has 2 aromatic heterocycles. The lowest BCUT2D eigenvalue weighted by Crippen LogP contribution is -2.17. The Hall–Kier alpha value is -2.91. The van der Waals surface area contributed by atoms with Crippen molar-refractivity contribution in [2.45, 2.75) is 32.9 Å². The highest BCUT2D eigenvalue weighted by molar-refractivity contribution is 6.32. The molecule has 0 amide bonds. The number of rotatable bonds is 6. The lowest BCUT2D eigenvalue weighted by atomic mass is 10.1. The van der Waals surface area contributed by atoms with E-state index in [0.29, 0.717) is 22.8 Å². The van der Waals surface area contributed by atoms with E-state index in [1.54, 1.807) is 18.2 Å². The van der Waals surface area contributed by atoms with Crippen LogP contribution in [0.1, 0.15) is 42.4 Å². The summed E-state index contributed by atoms with van der Waals surface area (Å²) in [6.45, 7) is 4.22. The molecule has 0 saturated heterocycles. The number of halogens is 1. The number of aromatic nitrogens is 4. The summed E-state index contributed by atoms with van der Waals surface area (Å²) in [4.78, 5) is 11.4. The summed E-state index contributed by atoms with van der Waals surface area (Å²) in [6, 6.07) is 11.1. The number of Topliss-reactive ketones (excluding diaryl/α,β-unsaturated/α-hetero) is 1. The van der Waals surface area contributed by atoms with Gasteiger partial charge in [-0.2, -0.15) is 15.5 Å². The highest BCUT2D eigenvalue weighted by atomic mass is 35.5. The fraction of sp³-hybridized carbons (Fsp3) is 0.263. The predicted molar refractivity (Wildman–Crippen MR) is 98.9 cm³/mol. The maximum atomic E-state index is 11.4. The molecule has 0 radical (unpaired) electrons. The van der Waals surface area contributed by atoms with Crippen molar-refractivity contribution >= 4 is 17.4 Å². The van der Waals surface area contributed by atoms with Crippen molar-refractivity contribution in [1.29, 1.82) is 5.26 Å². The van der Waals surface area contributed by atoms with Gasteiger partial charge in [0.15, 0.2) is 5.78 Å². The smallest absolute Gasteiger partial charge is 0.179 e. The van der Waals surface area contributed by atoms with Gasteiger partial charge in [-0.15, -0.1) is 0 Å². The average Bonchev–Trinajstić information content (AvgIpc) is 3.29. The van der Waals surface area contributed by atoms with Crippen LogP contribution >= 0.6 is 11.6 Å². The number of hydrogen-bond donors (Lipinski definition) is 0. The van der Waals surface area contributed by atoms with Crippen molar-refractivity contribution in [3.05, 3.63) is 59.0 Å². The van der Waals surface area contributed by atoms with Crippen LogP contribution in [-0.2, 0) is 6.54 Å².